The van der Waals surface area contributed by atoms with Crippen LogP contribution in [0.4, 0.5) is 0 Å². The van der Waals surface area contributed by atoms with Crippen molar-refractivity contribution in [2.45, 2.75) is 17.1 Å². The number of halogens is 1. The number of amides is 1. The van der Waals surface area contributed by atoms with E-state index in [2.05, 4.69) is 15.4 Å². The second kappa shape index (κ2) is 8.59. The number of rotatable bonds is 8. The zero-order valence-electron chi connectivity index (χ0n) is 13.4. The Bertz CT molecular complexity index is 651. The lowest BCUT2D eigenvalue weighted by atomic mass is 9.79. The van der Waals surface area contributed by atoms with E-state index in [-0.39, 0.29) is 22.1 Å². The highest BCUT2D eigenvalue weighted by Gasteiger charge is 2.32. The number of ether oxygens (including phenoxy) is 1. The fraction of sp³-hybridized carbons (Fsp3) is 0.643. The molecule has 0 saturated carbocycles. The van der Waals surface area contributed by atoms with Gasteiger partial charge in [-0.05, 0) is 38.1 Å². The summed E-state index contributed by atoms with van der Waals surface area (Å²) in [4.78, 5) is 12.0. The SMILES string of the molecule is COCC1(CNC(=O)CNS(=O)(=O)c2ccc(Cl)s2)CCNCC1. The van der Waals surface area contributed by atoms with Gasteiger partial charge in [0.15, 0.2) is 0 Å². The van der Waals surface area contributed by atoms with E-state index in [0.29, 0.717) is 17.5 Å². The van der Waals surface area contributed by atoms with Crippen LogP contribution >= 0.6 is 22.9 Å². The first-order valence-electron chi connectivity index (χ1n) is 7.58. The summed E-state index contributed by atoms with van der Waals surface area (Å²) in [5, 5.41) is 6.09. The van der Waals surface area contributed by atoms with E-state index in [1.54, 1.807) is 7.11 Å². The summed E-state index contributed by atoms with van der Waals surface area (Å²) in [5.74, 6) is -0.366. The van der Waals surface area contributed by atoms with E-state index in [4.69, 9.17) is 16.3 Å². The Morgan fingerprint density at radius 3 is 2.71 bits per heavy atom. The molecule has 2 rings (SSSR count). The van der Waals surface area contributed by atoms with Gasteiger partial charge in [0.25, 0.3) is 10.0 Å². The van der Waals surface area contributed by atoms with Crippen molar-refractivity contribution in [2.24, 2.45) is 5.41 Å². The molecule has 0 bridgehead atoms. The maximum absolute atomic E-state index is 12.1. The van der Waals surface area contributed by atoms with E-state index in [0.717, 1.165) is 37.3 Å². The molecule has 7 nitrogen and oxygen atoms in total. The van der Waals surface area contributed by atoms with E-state index >= 15 is 0 Å². The van der Waals surface area contributed by atoms with Crippen LogP contribution in [-0.2, 0) is 19.6 Å². The summed E-state index contributed by atoms with van der Waals surface area (Å²) < 4.78 is 32.2. The normalized spacial score (nSPS) is 17.6. The third-order valence-electron chi connectivity index (χ3n) is 4.01. The highest BCUT2D eigenvalue weighted by atomic mass is 35.5. The molecule has 0 aromatic carbocycles. The molecule has 136 valence electrons. The first kappa shape index (κ1) is 19.6. The largest absolute Gasteiger partial charge is 0.384 e. The topological polar surface area (TPSA) is 96.5 Å². The molecule has 0 unspecified atom stereocenters. The number of hydrogen-bond acceptors (Lipinski definition) is 6. The number of sulfonamides is 1. The molecule has 3 N–H and O–H groups in total. The number of hydrogen-bond donors (Lipinski definition) is 3. The monoisotopic (exact) mass is 395 g/mol. The average molecular weight is 396 g/mol. The quantitative estimate of drug-likeness (QED) is 0.605. The van der Waals surface area contributed by atoms with Crippen molar-refractivity contribution in [3.05, 3.63) is 16.5 Å². The van der Waals surface area contributed by atoms with Crippen molar-refractivity contribution in [2.75, 3.05) is 39.9 Å². The van der Waals surface area contributed by atoms with E-state index in [1.807, 2.05) is 0 Å². The Kier molecular flexibility index (Phi) is 7.02. The molecular weight excluding hydrogens is 374 g/mol. The van der Waals surface area contributed by atoms with Crippen LogP contribution in [0.1, 0.15) is 12.8 Å². The molecule has 1 aromatic heterocycles. The van der Waals surface area contributed by atoms with Crippen LogP contribution in [0.3, 0.4) is 0 Å². The van der Waals surface area contributed by atoms with Crippen LogP contribution in [0.25, 0.3) is 0 Å². The van der Waals surface area contributed by atoms with E-state index in [9.17, 15) is 13.2 Å². The van der Waals surface area contributed by atoms with Crippen LogP contribution in [0.15, 0.2) is 16.3 Å². The molecular formula is C14H22ClN3O4S2. The fourth-order valence-electron chi connectivity index (χ4n) is 2.66. The lowest BCUT2D eigenvalue weighted by Crippen LogP contribution is -2.48. The van der Waals surface area contributed by atoms with E-state index in [1.165, 1.54) is 12.1 Å². The molecule has 0 radical (unpaired) electrons. The molecule has 10 heteroatoms. The Morgan fingerprint density at radius 2 is 2.12 bits per heavy atom. The molecule has 1 aliphatic heterocycles. The molecule has 1 aliphatic rings. The molecule has 24 heavy (non-hydrogen) atoms. The van der Waals surface area contributed by atoms with Crippen molar-refractivity contribution >= 4 is 38.9 Å². The summed E-state index contributed by atoms with van der Waals surface area (Å²) in [5.41, 5.74) is -0.101. The smallest absolute Gasteiger partial charge is 0.250 e. The lowest BCUT2D eigenvalue weighted by Gasteiger charge is -2.37. The van der Waals surface area contributed by atoms with Gasteiger partial charge >= 0.3 is 0 Å². The average Bonchev–Trinajstić information content (AvgIpc) is 3.00. The number of carbonyl (C=O) groups is 1. The van der Waals surface area contributed by atoms with Crippen molar-refractivity contribution < 1.29 is 17.9 Å². The predicted octanol–water partition coefficient (Wildman–Crippen LogP) is 0.812. The van der Waals surface area contributed by atoms with Crippen molar-refractivity contribution in [1.82, 2.24) is 15.4 Å². The molecule has 1 amide bonds. The Labute approximate surface area is 151 Å². The van der Waals surface area contributed by atoms with Crippen LogP contribution in [-0.4, -0.2) is 54.2 Å². The van der Waals surface area contributed by atoms with Gasteiger partial charge in [0.2, 0.25) is 5.91 Å². The first-order chi connectivity index (χ1) is 11.4. The van der Waals surface area contributed by atoms with Crippen molar-refractivity contribution in [3.8, 4) is 0 Å². The lowest BCUT2D eigenvalue weighted by molar-refractivity contribution is -0.120. The third-order valence-corrected chi connectivity index (χ3v) is 7.14. The highest BCUT2D eigenvalue weighted by Crippen LogP contribution is 2.28. The van der Waals surface area contributed by atoms with Gasteiger partial charge in [-0.3, -0.25) is 4.79 Å². The number of piperidine rings is 1. The number of carbonyl (C=O) groups excluding carboxylic acids is 1. The van der Waals surface area contributed by atoms with Gasteiger partial charge in [-0.25, -0.2) is 13.1 Å². The van der Waals surface area contributed by atoms with Crippen LogP contribution in [0.5, 0.6) is 0 Å². The minimum absolute atomic E-state index is 0.0921. The molecule has 0 spiro atoms. The fourth-order valence-corrected chi connectivity index (χ4v) is 5.17. The summed E-state index contributed by atoms with van der Waals surface area (Å²) in [6, 6.07) is 2.92. The number of nitrogens with one attached hydrogen (secondary N) is 3. The summed E-state index contributed by atoms with van der Waals surface area (Å²) in [6.07, 6.45) is 1.81. The molecule has 1 saturated heterocycles. The van der Waals surface area contributed by atoms with Gasteiger partial charge < -0.3 is 15.4 Å². The van der Waals surface area contributed by atoms with Gasteiger partial charge in [0, 0.05) is 19.1 Å². The second-order valence-corrected chi connectivity index (χ2v) is 9.55. The van der Waals surface area contributed by atoms with Crippen LogP contribution in [0.2, 0.25) is 4.34 Å². The second-order valence-electron chi connectivity index (χ2n) is 5.84. The standard InChI is InChI=1S/C14H22ClN3O4S2/c1-22-10-14(4-6-16-7-5-14)9-17-12(19)8-18-24(20,21)13-3-2-11(15)23-13/h2-3,16,18H,4-10H2,1H3,(H,17,19). The molecule has 0 atom stereocenters. The summed E-state index contributed by atoms with van der Waals surface area (Å²) >= 11 is 6.69. The van der Waals surface area contributed by atoms with Crippen LogP contribution < -0.4 is 15.4 Å². The predicted molar refractivity (Wildman–Crippen MR) is 93.9 cm³/mol. The third kappa shape index (κ3) is 5.40. The zero-order valence-corrected chi connectivity index (χ0v) is 15.8. The van der Waals surface area contributed by atoms with Crippen LogP contribution in [0, 0.1) is 5.41 Å². The molecule has 0 aliphatic carbocycles. The van der Waals surface area contributed by atoms with Gasteiger partial charge in [-0.2, -0.15) is 0 Å². The Hall–Kier alpha value is -0.710. The van der Waals surface area contributed by atoms with Gasteiger partial charge in [0.05, 0.1) is 17.5 Å². The minimum atomic E-state index is -3.71. The number of methoxy groups -OCH3 is 1. The van der Waals surface area contributed by atoms with Crippen molar-refractivity contribution in [1.29, 1.82) is 0 Å². The minimum Gasteiger partial charge on any atom is -0.384 e. The Balaban J connectivity index is 1.84. The molecule has 2 heterocycles. The van der Waals surface area contributed by atoms with Gasteiger partial charge in [-0.15, -0.1) is 11.3 Å². The maximum Gasteiger partial charge on any atom is 0.250 e. The van der Waals surface area contributed by atoms with E-state index < -0.39 is 10.0 Å². The van der Waals surface area contributed by atoms with Crippen molar-refractivity contribution in [3.63, 3.8) is 0 Å². The van der Waals surface area contributed by atoms with Gasteiger partial charge in [-0.1, -0.05) is 11.6 Å². The Morgan fingerprint density at radius 1 is 1.42 bits per heavy atom. The zero-order chi connectivity index (χ0) is 17.6. The summed E-state index contributed by atoms with van der Waals surface area (Å²) in [6.45, 7) is 2.48. The maximum atomic E-state index is 12.1. The number of thiophene rings is 1. The summed E-state index contributed by atoms with van der Waals surface area (Å²) in [7, 11) is -2.07. The molecule has 1 fully saturated rings. The van der Waals surface area contributed by atoms with Gasteiger partial charge in [0.1, 0.15) is 4.21 Å². The molecule has 1 aromatic rings. The first-order valence-corrected chi connectivity index (χ1v) is 10.3. The highest BCUT2D eigenvalue weighted by molar-refractivity contribution is 7.91.